The molecule has 116 valence electrons. The van der Waals surface area contributed by atoms with Crippen molar-refractivity contribution >= 4 is 33.7 Å². The molecular formula is C20H15N3O. The normalized spacial score (nSPS) is 11.3. The lowest BCUT2D eigenvalue weighted by atomic mass is 10.1. The SMILES string of the molecule is Oc1ccccc1C=NNc1c2ccccc2nc2ccccc12. The molecule has 0 aliphatic heterocycles. The van der Waals surface area contributed by atoms with Crippen LogP contribution in [0.2, 0.25) is 0 Å². The Morgan fingerprint density at radius 2 is 1.38 bits per heavy atom. The molecule has 0 spiro atoms. The summed E-state index contributed by atoms with van der Waals surface area (Å²) in [5.74, 6) is 0.201. The van der Waals surface area contributed by atoms with E-state index in [0.29, 0.717) is 5.56 Å². The van der Waals surface area contributed by atoms with Crippen molar-refractivity contribution in [2.75, 3.05) is 5.43 Å². The van der Waals surface area contributed by atoms with E-state index in [1.54, 1.807) is 18.3 Å². The van der Waals surface area contributed by atoms with Crippen LogP contribution in [0.25, 0.3) is 21.8 Å². The first-order valence-corrected chi connectivity index (χ1v) is 7.67. The number of nitrogens with one attached hydrogen (secondary N) is 1. The van der Waals surface area contributed by atoms with Crippen LogP contribution in [0.5, 0.6) is 5.75 Å². The molecule has 3 aromatic carbocycles. The first-order valence-electron chi connectivity index (χ1n) is 7.67. The van der Waals surface area contributed by atoms with E-state index < -0.39 is 0 Å². The number of para-hydroxylation sites is 3. The lowest BCUT2D eigenvalue weighted by molar-refractivity contribution is 0.474. The topological polar surface area (TPSA) is 57.5 Å². The molecule has 0 saturated heterocycles. The standard InChI is InChI=1S/C20H15N3O/c24-19-12-6-1-7-14(19)13-21-23-20-15-8-2-4-10-17(15)22-18-11-5-3-9-16(18)20/h1-13,24H,(H,22,23). The molecule has 0 fully saturated rings. The molecule has 4 nitrogen and oxygen atoms in total. The van der Waals surface area contributed by atoms with E-state index in [2.05, 4.69) is 15.5 Å². The first kappa shape index (κ1) is 14.2. The van der Waals surface area contributed by atoms with Gasteiger partial charge in [0.1, 0.15) is 5.75 Å². The lowest BCUT2D eigenvalue weighted by Crippen LogP contribution is -1.95. The maximum absolute atomic E-state index is 9.82. The maximum atomic E-state index is 9.82. The van der Waals surface area contributed by atoms with E-state index in [-0.39, 0.29) is 5.75 Å². The zero-order valence-corrected chi connectivity index (χ0v) is 12.8. The van der Waals surface area contributed by atoms with E-state index in [1.165, 1.54) is 0 Å². The van der Waals surface area contributed by atoms with Crippen LogP contribution in [0, 0.1) is 0 Å². The van der Waals surface area contributed by atoms with Crippen LogP contribution >= 0.6 is 0 Å². The number of phenolic OH excluding ortho intramolecular Hbond substituents is 1. The first-order chi connectivity index (χ1) is 11.8. The largest absolute Gasteiger partial charge is 0.507 e. The molecule has 0 amide bonds. The molecule has 0 aliphatic rings. The van der Waals surface area contributed by atoms with Crippen LogP contribution in [0.3, 0.4) is 0 Å². The molecule has 4 heteroatoms. The van der Waals surface area contributed by atoms with Crippen LogP contribution in [-0.2, 0) is 0 Å². The Bertz CT molecular complexity index is 1000. The van der Waals surface area contributed by atoms with Crippen molar-refractivity contribution in [2.24, 2.45) is 5.10 Å². The van der Waals surface area contributed by atoms with Crippen molar-refractivity contribution in [3.8, 4) is 5.75 Å². The van der Waals surface area contributed by atoms with Gasteiger partial charge in [0.05, 0.1) is 22.9 Å². The summed E-state index contributed by atoms with van der Waals surface area (Å²) in [5, 5.41) is 16.1. The van der Waals surface area contributed by atoms with Gasteiger partial charge in [-0.25, -0.2) is 4.98 Å². The zero-order chi connectivity index (χ0) is 16.4. The second-order valence-electron chi connectivity index (χ2n) is 5.45. The van der Waals surface area contributed by atoms with Gasteiger partial charge >= 0.3 is 0 Å². The molecule has 4 aromatic rings. The number of benzene rings is 3. The van der Waals surface area contributed by atoms with Gasteiger partial charge in [-0.1, -0.05) is 48.5 Å². The van der Waals surface area contributed by atoms with Crippen molar-refractivity contribution < 1.29 is 5.11 Å². The van der Waals surface area contributed by atoms with Gasteiger partial charge in [0.25, 0.3) is 0 Å². The summed E-state index contributed by atoms with van der Waals surface area (Å²) in [5.41, 5.74) is 6.52. The summed E-state index contributed by atoms with van der Waals surface area (Å²) in [6, 6.07) is 23.0. The van der Waals surface area contributed by atoms with E-state index in [9.17, 15) is 5.11 Å². The summed E-state index contributed by atoms with van der Waals surface area (Å²) in [7, 11) is 0. The minimum Gasteiger partial charge on any atom is -0.507 e. The summed E-state index contributed by atoms with van der Waals surface area (Å²) in [6.45, 7) is 0. The number of pyridine rings is 1. The number of aromatic hydroxyl groups is 1. The third-order valence-electron chi connectivity index (χ3n) is 3.90. The van der Waals surface area contributed by atoms with Crippen molar-refractivity contribution in [2.45, 2.75) is 0 Å². The third-order valence-corrected chi connectivity index (χ3v) is 3.90. The lowest BCUT2D eigenvalue weighted by Gasteiger charge is -2.10. The number of hydrogen-bond acceptors (Lipinski definition) is 4. The van der Waals surface area contributed by atoms with E-state index in [4.69, 9.17) is 0 Å². The monoisotopic (exact) mass is 313 g/mol. The van der Waals surface area contributed by atoms with Gasteiger partial charge in [0.15, 0.2) is 0 Å². The van der Waals surface area contributed by atoms with Crippen molar-refractivity contribution in [1.82, 2.24) is 4.98 Å². The second kappa shape index (κ2) is 6.01. The molecule has 0 bridgehead atoms. The van der Waals surface area contributed by atoms with Crippen LogP contribution in [0.15, 0.2) is 77.9 Å². The number of phenols is 1. The number of anilines is 1. The van der Waals surface area contributed by atoms with Crippen molar-refractivity contribution in [1.29, 1.82) is 0 Å². The molecule has 0 unspecified atom stereocenters. The molecule has 0 atom stereocenters. The molecule has 0 radical (unpaired) electrons. The summed E-state index contributed by atoms with van der Waals surface area (Å²) in [4.78, 5) is 4.69. The number of nitrogens with zero attached hydrogens (tertiary/aromatic N) is 2. The molecule has 24 heavy (non-hydrogen) atoms. The fraction of sp³-hybridized carbons (Fsp3) is 0. The second-order valence-corrected chi connectivity index (χ2v) is 5.45. The quantitative estimate of drug-likeness (QED) is 0.332. The fourth-order valence-corrected chi connectivity index (χ4v) is 2.72. The van der Waals surface area contributed by atoms with Gasteiger partial charge in [-0.3, -0.25) is 5.43 Å². The maximum Gasteiger partial charge on any atom is 0.124 e. The average Bonchev–Trinajstić information content (AvgIpc) is 2.62. The molecule has 0 aliphatic carbocycles. The van der Waals surface area contributed by atoms with E-state index in [1.807, 2.05) is 60.7 Å². The number of fused-ring (bicyclic) bond motifs is 2. The zero-order valence-electron chi connectivity index (χ0n) is 12.8. The van der Waals surface area contributed by atoms with Gasteiger partial charge in [-0.15, -0.1) is 0 Å². The molecule has 0 saturated carbocycles. The average molecular weight is 313 g/mol. The Labute approximate surface area is 139 Å². The summed E-state index contributed by atoms with van der Waals surface area (Å²) < 4.78 is 0. The Morgan fingerprint density at radius 1 is 0.792 bits per heavy atom. The fourth-order valence-electron chi connectivity index (χ4n) is 2.72. The van der Waals surface area contributed by atoms with Crippen LogP contribution < -0.4 is 5.43 Å². The molecular weight excluding hydrogens is 298 g/mol. The van der Waals surface area contributed by atoms with Crippen molar-refractivity contribution in [3.63, 3.8) is 0 Å². The van der Waals surface area contributed by atoms with Crippen LogP contribution in [0.1, 0.15) is 5.56 Å². The minimum absolute atomic E-state index is 0.201. The third kappa shape index (κ3) is 2.54. The molecule has 2 N–H and O–H groups in total. The highest BCUT2D eigenvalue weighted by Gasteiger charge is 2.07. The highest BCUT2D eigenvalue weighted by atomic mass is 16.3. The molecule has 4 rings (SSSR count). The summed E-state index contributed by atoms with van der Waals surface area (Å²) >= 11 is 0. The predicted molar refractivity (Wildman–Crippen MR) is 98.6 cm³/mol. The van der Waals surface area contributed by atoms with Gasteiger partial charge in [-0.2, -0.15) is 5.10 Å². The number of aromatic nitrogens is 1. The number of hydrazone groups is 1. The minimum atomic E-state index is 0.201. The molecule has 1 aromatic heterocycles. The Balaban J connectivity index is 1.81. The van der Waals surface area contributed by atoms with Gasteiger partial charge in [0.2, 0.25) is 0 Å². The predicted octanol–water partition coefficient (Wildman–Crippen LogP) is 4.54. The Kier molecular flexibility index (Phi) is 3.56. The van der Waals surface area contributed by atoms with Crippen molar-refractivity contribution in [3.05, 3.63) is 78.4 Å². The summed E-state index contributed by atoms with van der Waals surface area (Å²) in [6.07, 6.45) is 1.61. The Hall–Kier alpha value is -3.40. The highest BCUT2D eigenvalue weighted by molar-refractivity contribution is 6.07. The van der Waals surface area contributed by atoms with E-state index >= 15 is 0 Å². The van der Waals surface area contributed by atoms with Crippen LogP contribution in [-0.4, -0.2) is 16.3 Å². The number of hydrogen-bond donors (Lipinski definition) is 2. The number of rotatable bonds is 3. The Morgan fingerprint density at radius 3 is 2.04 bits per heavy atom. The van der Waals surface area contributed by atoms with Gasteiger partial charge < -0.3 is 5.11 Å². The van der Waals surface area contributed by atoms with Crippen LogP contribution in [0.4, 0.5) is 5.69 Å². The molecule has 1 heterocycles. The van der Waals surface area contributed by atoms with Gasteiger partial charge in [-0.05, 0) is 24.3 Å². The van der Waals surface area contributed by atoms with E-state index in [0.717, 1.165) is 27.5 Å². The van der Waals surface area contributed by atoms with Gasteiger partial charge in [0, 0.05) is 16.3 Å². The highest BCUT2D eigenvalue weighted by Crippen LogP contribution is 2.30. The smallest absolute Gasteiger partial charge is 0.124 e.